The van der Waals surface area contributed by atoms with E-state index >= 15 is 0 Å². The highest BCUT2D eigenvalue weighted by molar-refractivity contribution is 7.86. The van der Waals surface area contributed by atoms with Gasteiger partial charge in [-0.05, 0) is 65.4 Å². The minimum atomic E-state index is -4.53. The fourth-order valence-electron chi connectivity index (χ4n) is 3.21. The van der Waals surface area contributed by atoms with Crippen LogP contribution in [-0.2, 0) is 43.2 Å². The van der Waals surface area contributed by atoms with Crippen molar-refractivity contribution >= 4 is 30.4 Å². The van der Waals surface area contributed by atoms with Crippen LogP contribution in [0, 0.1) is 0 Å². The van der Waals surface area contributed by atoms with E-state index in [9.17, 15) is 34.4 Å². The van der Waals surface area contributed by atoms with Gasteiger partial charge in [-0.3, -0.25) is 13.7 Å². The van der Waals surface area contributed by atoms with Crippen molar-refractivity contribution in [3.8, 4) is 0 Å². The van der Waals surface area contributed by atoms with Gasteiger partial charge in [-0.1, -0.05) is 36.4 Å². The summed E-state index contributed by atoms with van der Waals surface area (Å²) in [5, 5.41) is 0. The molecule has 3 aromatic rings. The zero-order chi connectivity index (χ0) is 23.7. The molecule has 0 bridgehead atoms. The second-order valence-corrected chi connectivity index (χ2v) is 11.2. The van der Waals surface area contributed by atoms with E-state index in [-0.39, 0.29) is 33.1 Å². The first kappa shape index (κ1) is 24.0. The van der Waals surface area contributed by atoms with E-state index in [0.717, 1.165) is 0 Å². The van der Waals surface area contributed by atoms with E-state index in [1.807, 2.05) is 0 Å². The molecule has 3 aromatic carbocycles. The molecule has 0 heterocycles. The molecule has 0 saturated carbocycles. The summed E-state index contributed by atoms with van der Waals surface area (Å²) in [6.07, 6.45) is 0.138. The van der Waals surface area contributed by atoms with Crippen LogP contribution in [0.1, 0.15) is 22.3 Å². The summed E-state index contributed by atoms with van der Waals surface area (Å²) in [5.41, 5.74) is 1.78. The van der Waals surface area contributed by atoms with Crippen molar-refractivity contribution in [3.63, 3.8) is 0 Å². The minimum Gasteiger partial charge on any atom is -0.282 e. The normalized spacial score (nSPS) is 12.6. The van der Waals surface area contributed by atoms with Crippen LogP contribution in [-0.4, -0.2) is 38.9 Å². The van der Waals surface area contributed by atoms with Crippen molar-refractivity contribution in [2.75, 3.05) is 0 Å². The summed E-state index contributed by atoms with van der Waals surface area (Å²) in [4.78, 5) is -1.01. The van der Waals surface area contributed by atoms with Crippen LogP contribution in [0.2, 0.25) is 0 Å². The first-order valence-corrected chi connectivity index (χ1v) is 13.3. The highest BCUT2D eigenvalue weighted by atomic mass is 32.2. The van der Waals surface area contributed by atoms with Gasteiger partial charge in [-0.25, -0.2) is 0 Å². The molecule has 0 radical (unpaired) electrons. The van der Waals surface area contributed by atoms with E-state index in [0.29, 0.717) is 16.7 Å². The Balaban J connectivity index is 2.07. The lowest BCUT2D eigenvalue weighted by Gasteiger charge is -2.13. The maximum atomic E-state index is 11.7. The molecule has 170 valence electrons. The number of rotatable bonds is 7. The molecule has 0 aliphatic carbocycles. The van der Waals surface area contributed by atoms with Gasteiger partial charge in [-0.2, -0.15) is 25.3 Å². The standard InChI is InChI=1S/C20H18O9S3/c21-30(22,23)18-8-5-14(6-9-18)11-15-7-10-19(31(24,25)26)13-17(15)12-16-3-1-2-4-20(16)32(27,28)29/h1-10,13H,11-12H2,(H,21,22,23)(H,24,25,26)(H,27,28,29). The predicted molar refractivity (Wildman–Crippen MR) is 114 cm³/mol. The van der Waals surface area contributed by atoms with Gasteiger partial charge in [-0.15, -0.1) is 0 Å². The van der Waals surface area contributed by atoms with Crippen molar-refractivity contribution < 1.29 is 38.9 Å². The van der Waals surface area contributed by atoms with Crippen molar-refractivity contribution in [3.05, 3.63) is 89.0 Å². The molecule has 3 N–H and O–H groups in total. The number of hydrogen-bond donors (Lipinski definition) is 3. The van der Waals surface area contributed by atoms with Gasteiger partial charge < -0.3 is 0 Å². The third kappa shape index (κ3) is 5.79. The molecule has 0 aliphatic heterocycles. The first-order chi connectivity index (χ1) is 14.7. The van der Waals surface area contributed by atoms with Crippen molar-refractivity contribution in [1.82, 2.24) is 0 Å². The molecule has 0 fully saturated rings. The average molecular weight is 499 g/mol. The molecule has 0 spiro atoms. The summed E-state index contributed by atoms with van der Waals surface area (Å²) in [6.45, 7) is 0. The fourth-order valence-corrected chi connectivity index (χ4v) is 4.94. The monoisotopic (exact) mass is 498 g/mol. The second-order valence-electron chi connectivity index (χ2n) is 6.96. The lowest BCUT2D eigenvalue weighted by Crippen LogP contribution is -2.07. The molecule has 32 heavy (non-hydrogen) atoms. The molecular formula is C20H18O9S3. The highest BCUT2D eigenvalue weighted by Crippen LogP contribution is 2.25. The SMILES string of the molecule is O=S(=O)(O)c1ccc(Cc2ccc(S(=O)(=O)O)cc2Cc2ccccc2S(=O)(=O)O)cc1. The average Bonchev–Trinajstić information content (AvgIpc) is 2.68. The molecule has 0 amide bonds. The summed E-state index contributed by atoms with van der Waals surface area (Å²) in [6, 6.07) is 14.9. The van der Waals surface area contributed by atoms with E-state index in [4.69, 9.17) is 4.55 Å². The van der Waals surface area contributed by atoms with Gasteiger partial charge in [0.2, 0.25) is 0 Å². The largest absolute Gasteiger partial charge is 0.294 e. The topological polar surface area (TPSA) is 163 Å². The van der Waals surface area contributed by atoms with E-state index in [1.54, 1.807) is 6.07 Å². The molecule has 0 aliphatic rings. The van der Waals surface area contributed by atoms with E-state index < -0.39 is 30.4 Å². The summed E-state index contributed by atoms with van der Waals surface area (Å²) in [7, 11) is -13.4. The molecule has 9 nitrogen and oxygen atoms in total. The van der Waals surface area contributed by atoms with Crippen molar-refractivity contribution in [2.45, 2.75) is 27.5 Å². The number of hydrogen-bond acceptors (Lipinski definition) is 6. The van der Waals surface area contributed by atoms with Crippen LogP contribution >= 0.6 is 0 Å². The van der Waals surface area contributed by atoms with Crippen molar-refractivity contribution in [1.29, 1.82) is 0 Å². The van der Waals surface area contributed by atoms with Gasteiger partial charge in [0.05, 0.1) is 14.7 Å². The van der Waals surface area contributed by atoms with Crippen LogP contribution in [0.25, 0.3) is 0 Å². The number of benzene rings is 3. The van der Waals surface area contributed by atoms with Gasteiger partial charge in [0.1, 0.15) is 0 Å². The Hall–Kier alpha value is -2.61. The third-order valence-electron chi connectivity index (χ3n) is 4.72. The molecule has 0 atom stereocenters. The highest BCUT2D eigenvalue weighted by Gasteiger charge is 2.18. The predicted octanol–water partition coefficient (Wildman–Crippen LogP) is 2.61. The van der Waals surface area contributed by atoms with Crippen LogP contribution in [0.4, 0.5) is 0 Å². The Morgan fingerprint density at radius 1 is 0.531 bits per heavy atom. The molecule has 3 rings (SSSR count). The zero-order valence-corrected chi connectivity index (χ0v) is 18.7. The Bertz CT molecular complexity index is 1470. The molecule has 0 saturated heterocycles. The Labute approximate surface area is 185 Å². The van der Waals surface area contributed by atoms with Crippen molar-refractivity contribution in [2.24, 2.45) is 0 Å². The van der Waals surface area contributed by atoms with Gasteiger partial charge >= 0.3 is 0 Å². The Kier molecular flexibility index (Phi) is 6.56. The molecular weight excluding hydrogens is 480 g/mol. The lowest BCUT2D eigenvalue weighted by molar-refractivity contribution is 0.480. The van der Waals surface area contributed by atoms with Crippen LogP contribution in [0.5, 0.6) is 0 Å². The second kappa shape index (κ2) is 8.73. The Morgan fingerprint density at radius 3 is 1.66 bits per heavy atom. The minimum absolute atomic E-state index is 0.0717. The van der Waals surface area contributed by atoms with E-state index in [1.165, 1.54) is 60.7 Å². The summed E-state index contributed by atoms with van der Waals surface area (Å²) in [5.74, 6) is 0. The smallest absolute Gasteiger partial charge is 0.282 e. The summed E-state index contributed by atoms with van der Waals surface area (Å²) >= 11 is 0. The zero-order valence-electron chi connectivity index (χ0n) is 16.3. The maximum absolute atomic E-state index is 11.7. The summed E-state index contributed by atoms with van der Waals surface area (Å²) < 4.78 is 97.0. The van der Waals surface area contributed by atoms with Crippen LogP contribution in [0.15, 0.2) is 81.4 Å². The maximum Gasteiger partial charge on any atom is 0.294 e. The lowest BCUT2D eigenvalue weighted by atomic mass is 9.95. The first-order valence-electron chi connectivity index (χ1n) is 8.96. The quantitative estimate of drug-likeness (QED) is 0.415. The van der Waals surface area contributed by atoms with Gasteiger partial charge in [0.25, 0.3) is 30.4 Å². The van der Waals surface area contributed by atoms with Crippen LogP contribution < -0.4 is 0 Å². The molecule has 0 aromatic heterocycles. The molecule has 0 unspecified atom stereocenters. The van der Waals surface area contributed by atoms with Gasteiger partial charge in [0.15, 0.2) is 0 Å². The molecule has 12 heteroatoms. The van der Waals surface area contributed by atoms with Gasteiger partial charge in [0, 0.05) is 0 Å². The third-order valence-corrected chi connectivity index (χ3v) is 7.39. The Morgan fingerprint density at radius 2 is 1.09 bits per heavy atom. The van der Waals surface area contributed by atoms with E-state index in [2.05, 4.69) is 0 Å². The fraction of sp³-hybridized carbons (Fsp3) is 0.100. The van der Waals surface area contributed by atoms with Crippen LogP contribution in [0.3, 0.4) is 0 Å².